The lowest BCUT2D eigenvalue weighted by Gasteiger charge is -2.16. The minimum atomic E-state index is -4.03. The number of hydrogen-bond acceptors (Lipinski definition) is 6. The number of hydrogen-bond donors (Lipinski definition) is 2. The highest BCUT2D eigenvalue weighted by Gasteiger charge is 2.32. The molecule has 2 amide bonds. The minimum absolute atomic E-state index is 0.0813. The van der Waals surface area contributed by atoms with Crippen LogP contribution in [0.4, 0.5) is 4.39 Å². The van der Waals surface area contributed by atoms with Crippen molar-refractivity contribution in [1.29, 1.82) is 0 Å². The Bertz CT molecular complexity index is 1080. The summed E-state index contributed by atoms with van der Waals surface area (Å²) >= 11 is 0. The predicted octanol–water partition coefficient (Wildman–Crippen LogP) is 2.00. The van der Waals surface area contributed by atoms with E-state index in [1.54, 1.807) is 12.1 Å². The summed E-state index contributed by atoms with van der Waals surface area (Å²) in [5, 5.41) is 3.45. The van der Waals surface area contributed by atoms with Gasteiger partial charge in [0.25, 0.3) is 0 Å². The molecule has 0 fully saturated rings. The molecule has 8 nitrogen and oxygen atoms in total. The van der Waals surface area contributed by atoms with Gasteiger partial charge in [-0.3, -0.25) is 9.59 Å². The van der Waals surface area contributed by atoms with Crippen LogP contribution in [0.5, 0.6) is 0 Å². The zero-order valence-electron chi connectivity index (χ0n) is 15.7. The normalized spacial score (nSPS) is 12.3. The summed E-state index contributed by atoms with van der Waals surface area (Å²) in [5.74, 6) is -1.74. The number of benzene rings is 1. The molecule has 0 aliphatic heterocycles. The van der Waals surface area contributed by atoms with Gasteiger partial charge in [-0.05, 0) is 48.5 Å². The highest BCUT2D eigenvalue weighted by atomic mass is 32.2. The van der Waals surface area contributed by atoms with E-state index in [-0.39, 0.29) is 17.2 Å². The SMILES string of the molecule is O=C(NCCc1ccco1)C(=O)NC[C@@H](c1ccco1)S(=O)(=O)c1ccc(F)cc1. The Morgan fingerprint density at radius 3 is 2.23 bits per heavy atom. The molecule has 2 heterocycles. The van der Waals surface area contributed by atoms with Gasteiger partial charge in [0, 0.05) is 19.5 Å². The summed E-state index contributed by atoms with van der Waals surface area (Å²) in [6, 6.07) is 10.7. The summed E-state index contributed by atoms with van der Waals surface area (Å²) < 4.78 is 49.5. The Morgan fingerprint density at radius 2 is 1.60 bits per heavy atom. The summed E-state index contributed by atoms with van der Waals surface area (Å²) in [4.78, 5) is 23.9. The van der Waals surface area contributed by atoms with Crippen molar-refractivity contribution in [2.24, 2.45) is 0 Å². The number of carbonyl (C=O) groups is 2. The first-order chi connectivity index (χ1) is 14.4. The monoisotopic (exact) mass is 434 g/mol. The lowest BCUT2D eigenvalue weighted by Crippen LogP contribution is -2.42. The average molecular weight is 434 g/mol. The van der Waals surface area contributed by atoms with Crippen molar-refractivity contribution in [3.05, 3.63) is 78.4 Å². The van der Waals surface area contributed by atoms with Gasteiger partial charge in [0.1, 0.15) is 22.6 Å². The van der Waals surface area contributed by atoms with Crippen molar-refractivity contribution in [3.8, 4) is 0 Å². The van der Waals surface area contributed by atoms with Crippen molar-refractivity contribution in [3.63, 3.8) is 0 Å². The highest BCUT2D eigenvalue weighted by Crippen LogP contribution is 2.29. The van der Waals surface area contributed by atoms with Crippen LogP contribution in [-0.4, -0.2) is 33.3 Å². The highest BCUT2D eigenvalue weighted by molar-refractivity contribution is 7.91. The molecule has 0 saturated carbocycles. The summed E-state index contributed by atoms with van der Waals surface area (Å²) in [7, 11) is -4.03. The van der Waals surface area contributed by atoms with Crippen molar-refractivity contribution >= 4 is 21.7 Å². The standard InChI is InChI=1S/C20H19FN2O6S/c21-14-5-7-16(8-6-14)30(26,27)18(17-4-2-12-29-17)13-23-20(25)19(24)22-10-9-15-3-1-11-28-15/h1-8,11-12,18H,9-10,13H2,(H,22,24)(H,23,25)/t18-/m0/s1. The topological polar surface area (TPSA) is 119 Å². The van der Waals surface area contributed by atoms with Gasteiger partial charge in [0.05, 0.1) is 17.4 Å². The molecule has 1 aromatic carbocycles. The first-order valence-electron chi connectivity index (χ1n) is 8.99. The molecule has 10 heteroatoms. The maximum absolute atomic E-state index is 13.2. The maximum atomic E-state index is 13.2. The van der Waals surface area contributed by atoms with Crippen LogP contribution in [0.2, 0.25) is 0 Å². The molecule has 0 saturated heterocycles. The molecule has 2 N–H and O–H groups in total. The van der Waals surface area contributed by atoms with Gasteiger partial charge in [0.2, 0.25) is 0 Å². The van der Waals surface area contributed by atoms with Crippen LogP contribution in [0.1, 0.15) is 16.8 Å². The molecular weight excluding hydrogens is 415 g/mol. The Labute approximate surface area is 172 Å². The van der Waals surface area contributed by atoms with Crippen LogP contribution in [-0.2, 0) is 25.8 Å². The largest absolute Gasteiger partial charge is 0.469 e. The average Bonchev–Trinajstić information content (AvgIpc) is 3.42. The Morgan fingerprint density at radius 1 is 0.933 bits per heavy atom. The van der Waals surface area contributed by atoms with Crippen LogP contribution in [0, 0.1) is 5.82 Å². The number of carbonyl (C=O) groups excluding carboxylic acids is 2. The second-order valence-corrected chi connectivity index (χ2v) is 8.43. The quantitative estimate of drug-likeness (QED) is 0.414. The zero-order valence-corrected chi connectivity index (χ0v) is 16.5. The van der Waals surface area contributed by atoms with E-state index in [2.05, 4.69) is 10.6 Å². The van der Waals surface area contributed by atoms with Crippen LogP contribution >= 0.6 is 0 Å². The lowest BCUT2D eigenvalue weighted by molar-refractivity contribution is -0.139. The summed E-state index contributed by atoms with van der Waals surface area (Å²) in [5.41, 5.74) is 0. The van der Waals surface area contributed by atoms with E-state index in [9.17, 15) is 22.4 Å². The van der Waals surface area contributed by atoms with Crippen LogP contribution in [0.15, 0.2) is 74.8 Å². The molecule has 0 aliphatic carbocycles. The van der Waals surface area contributed by atoms with Gasteiger partial charge in [0.15, 0.2) is 9.84 Å². The van der Waals surface area contributed by atoms with E-state index < -0.39 is 39.3 Å². The van der Waals surface area contributed by atoms with E-state index in [1.165, 1.54) is 24.7 Å². The number of sulfone groups is 1. The number of amides is 2. The Hall–Kier alpha value is -3.40. The first-order valence-corrected chi connectivity index (χ1v) is 10.5. The molecule has 1 atom stereocenters. The smallest absolute Gasteiger partial charge is 0.309 e. The van der Waals surface area contributed by atoms with Gasteiger partial charge in [-0.25, -0.2) is 12.8 Å². The number of furan rings is 2. The molecule has 3 rings (SSSR count). The fraction of sp³-hybridized carbons (Fsp3) is 0.200. The Kier molecular flexibility index (Phi) is 6.68. The third kappa shape index (κ3) is 5.15. The van der Waals surface area contributed by atoms with Gasteiger partial charge < -0.3 is 19.5 Å². The van der Waals surface area contributed by atoms with E-state index in [1.807, 2.05) is 0 Å². The van der Waals surface area contributed by atoms with Crippen molar-refractivity contribution < 1.29 is 31.2 Å². The molecule has 0 radical (unpaired) electrons. The van der Waals surface area contributed by atoms with E-state index in [0.717, 1.165) is 24.3 Å². The number of rotatable bonds is 8. The third-order valence-electron chi connectivity index (χ3n) is 4.27. The van der Waals surface area contributed by atoms with Crippen molar-refractivity contribution in [1.82, 2.24) is 10.6 Å². The summed E-state index contributed by atoms with van der Waals surface area (Å²) in [6.07, 6.45) is 3.20. The van der Waals surface area contributed by atoms with Crippen LogP contribution in [0.25, 0.3) is 0 Å². The molecule has 2 aromatic heterocycles. The lowest BCUT2D eigenvalue weighted by atomic mass is 10.3. The molecule has 0 bridgehead atoms. The second kappa shape index (κ2) is 9.40. The predicted molar refractivity (Wildman–Crippen MR) is 103 cm³/mol. The number of halogens is 1. The van der Waals surface area contributed by atoms with Gasteiger partial charge >= 0.3 is 11.8 Å². The Balaban J connectivity index is 1.65. The van der Waals surface area contributed by atoms with Crippen molar-refractivity contribution in [2.45, 2.75) is 16.6 Å². The fourth-order valence-electron chi connectivity index (χ4n) is 2.73. The molecule has 0 spiro atoms. The number of nitrogens with one attached hydrogen (secondary N) is 2. The van der Waals surface area contributed by atoms with Crippen LogP contribution < -0.4 is 10.6 Å². The third-order valence-corrected chi connectivity index (χ3v) is 6.35. The second-order valence-electron chi connectivity index (χ2n) is 6.30. The molecule has 0 aliphatic rings. The van der Waals surface area contributed by atoms with Gasteiger partial charge in [-0.1, -0.05) is 0 Å². The maximum Gasteiger partial charge on any atom is 0.309 e. The summed E-state index contributed by atoms with van der Waals surface area (Å²) in [6.45, 7) is -0.229. The van der Waals surface area contributed by atoms with Gasteiger partial charge in [-0.2, -0.15) is 0 Å². The molecular formula is C20H19FN2O6S. The van der Waals surface area contributed by atoms with Crippen LogP contribution in [0.3, 0.4) is 0 Å². The molecule has 0 unspecified atom stereocenters. The van der Waals surface area contributed by atoms with E-state index in [0.29, 0.717) is 12.2 Å². The minimum Gasteiger partial charge on any atom is -0.469 e. The van der Waals surface area contributed by atoms with Gasteiger partial charge in [-0.15, -0.1) is 0 Å². The fourth-order valence-corrected chi connectivity index (χ4v) is 4.31. The molecule has 158 valence electrons. The molecule has 3 aromatic rings. The molecule has 30 heavy (non-hydrogen) atoms. The zero-order chi connectivity index (χ0) is 21.6. The first kappa shape index (κ1) is 21.3. The van der Waals surface area contributed by atoms with Crippen molar-refractivity contribution in [2.75, 3.05) is 13.1 Å². The van der Waals surface area contributed by atoms with E-state index >= 15 is 0 Å². The van der Waals surface area contributed by atoms with E-state index in [4.69, 9.17) is 8.83 Å².